The number of H-pyrrole nitrogens is 1. The van der Waals surface area contributed by atoms with E-state index in [0.717, 1.165) is 58.9 Å². The number of fused-ring (bicyclic) bond motifs is 1. The molecule has 3 aromatic rings. The van der Waals surface area contributed by atoms with Crippen LogP contribution in [0.5, 0.6) is 0 Å². The number of amides is 1. The molecule has 7 nitrogen and oxygen atoms in total. The van der Waals surface area contributed by atoms with Gasteiger partial charge < -0.3 is 15.0 Å². The van der Waals surface area contributed by atoms with Crippen molar-refractivity contribution >= 4 is 28.2 Å². The second-order valence-electron chi connectivity index (χ2n) is 7.52. The minimum atomic E-state index is -0.584. The summed E-state index contributed by atoms with van der Waals surface area (Å²) < 4.78 is 5.15. The number of nitrogens with zero attached hydrogens (tertiary/aromatic N) is 2. The van der Waals surface area contributed by atoms with Gasteiger partial charge in [-0.3, -0.25) is 4.79 Å². The van der Waals surface area contributed by atoms with E-state index in [9.17, 15) is 14.9 Å². The molecule has 0 aliphatic heterocycles. The van der Waals surface area contributed by atoms with Crippen molar-refractivity contribution in [1.82, 2.24) is 9.97 Å². The van der Waals surface area contributed by atoms with Gasteiger partial charge in [-0.05, 0) is 57.2 Å². The van der Waals surface area contributed by atoms with Crippen LogP contribution in [0.3, 0.4) is 0 Å². The topological polar surface area (TPSA) is 108 Å². The molecule has 1 aromatic carbocycles. The zero-order valence-electron chi connectivity index (χ0n) is 17.4. The summed E-state index contributed by atoms with van der Waals surface area (Å²) in [6, 6.07) is 9.05. The standard InChI is InChI=1S/C23H22N4O3S/c1-13-14(2)26-21(25-13)15-7-9-16(10-8-15)23(29)30-12-20(28)27-22-18(11-24)17-5-3-4-6-19(17)31-22/h7-10H,3-6,12H2,1-2H3,(H,25,26)(H,27,28). The van der Waals surface area contributed by atoms with Gasteiger partial charge in [-0.25, -0.2) is 9.78 Å². The lowest BCUT2D eigenvalue weighted by molar-refractivity contribution is -0.119. The smallest absolute Gasteiger partial charge is 0.338 e. The van der Waals surface area contributed by atoms with Gasteiger partial charge in [-0.2, -0.15) is 5.26 Å². The number of carbonyl (C=O) groups is 2. The van der Waals surface area contributed by atoms with Crippen LogP contribution in [0.2, 0.25) is 0 Å². The highest BCUT2D eigenvalue weighted by Crippen LogP contribution is 2.37. The van der Waals surface area contributed by atoms with Crippen LogP contribution in [0.25, 0.3) is 11.4 Å². The molecule has 0 saturated heterocycles. The van der Waals surface area contributed by atoms with Gasteiger partial charge in [-0.15, -0.1) is 11.3 Å². The fourth-order valence-electron chi connectivity index (χ4n) is 3.60. The van der Waals surface area contributed by atoms with Crippen LogP contribution in [0.4, 0.5) is 5.00 Å². The monoisotopic (exact) mass is 434 g/mol. The van der Waals surface area contributed by atoms with Gasteiger partial charge in [0, 0.05) is 16.1 Å². The van der Waals surface area contributed by atoms with E-state index in [2.05, 4.69) is 21.4 Å². The lowest BCUT2D eigenvalue weighted by Gasteiger charge is -2.09. The van der Waals surface area contributed by atoms with Gasteiger partial charge in [-0.1, -0.05) is 12.1 Å². The number of esters is 1. The fraction of sp³-hybridized carbons (Fsp3) is 0.304. The number of aromatic nitrogens is 2. The van der Waals surface area contributed by atoms with Crippen molar-refractivity contribution in [3.8, 4) is 17.5 Å². The lowest BCUT2D eigenvalue weighted by atomic mass is 9.96. The molecule has 1 aliphatic carbocycles. The Morgan fingerprint density at radius 3 is 2.65 bits per heavy atom. The van der Waals surface area contributed by atoms with Crippen LogP contribution in [-0.2, 0) is 22.4 Å². The molecule has 2 heterocycles. The Kier molecular flexibility index (Phi) is 5.87. The highest BCUT2D eigenvalue weighted by atomic mass is 32.1. The number of carbonyl (C=O) groups excluding carboxylic acids is 2. The molecule has 1 aliphatic rings. The van der Waals surface area contributed by atoms with Crippen molar-refractivity contribution in [3.05, 3.63) is 57.2 Å². The SMILES string of the molecule is Cc1nc(-c2ccc(C(=O)OCC(=O)Nc3sc4c(c3C#N)CCCC4)cc2)[nH]c1C. The van der Waals surface area contributed by atoms with Crippen LogP contribution in [0, 0.1) is 25.2 Å². The number of hydrogen-bond donors (Lipinski definition) is 2. The average Bonchev–Trinajstić information content (AvgIpc) is 3.30. The maximum Gasteiger partial charge on any atom is 0.338 e. The van der Waals surface area contributed by atoms with E-state index in [1.165, 1.54) is 11.3 Å². The minimum Gasteiger partial charge on any atom is -0.452 e. The molecular formula is C23H22N4O3S. The number of benzene rings is 1. The summed E-state index contributed by atoms with van der Waals surface area (Å²) in [6.07, 6.45) is 3.96. The molecule has 158 valence electrons. The van der Waals surface area contributed by atoms with Crippen molar-refractivity contribution < 1.29 is 14.3 Å². The first-order valence-corrected chi connectivity index (χ1v) is 10.9. The summed E-state index contributed by atoms with van der Waals surface area (Å²) in [5.41, 5.74) is 4.72. The molecule has 0 fully saturated rings. The quantitative estimate of drug-likeness (QED) is 0.582. The van der Waals surface area contributed by atoms with E-state index < -0.39 is 18.5 Å². The van der Waals surface area contributed by atoms with E-state index in [-0.39, 0.29) is 0 Å². The number of thiophene rings is 1. The molecule has 0 radical (unpaired) electrons. The molecule has 2 N–H and O–H groups in total. The van der Waals surface area contributed by atoms with Gasteiger partial charge in [0.25, 0.3) is 5.91 Å². The Morgan fingerprint density at radius 2 is 1.97 bits per heavy atom. The van der Waals surface area contributed by atoms with E-state index in [4.69, 9.17) is 4.74 Å². The molecule has 0 atom stereocenters. The van der Waals surface area contributed by atoms with Crippen molar-refractivity contribution in [2.75, 3.05) is 11.9 Å². The number of anilines is 1. The number of aryl methyl sites for hydroxylation is 3. The molecule has 0 unspecified atom stereocenters. The number of aromatic amines is 1. The first-order chi connectivity index (χ1) is 15.0. The number of imidazole rings is 1. The van der Waals surface area contributed by atoms with Crippen LogP contribution in [0.15, 0.2) is 24.3 Å². The number of nitriles is 1. The molecule has 4 rings (SSSR count). The van der Waals surface area contributed by atoms with Crippen molar-refractivity contribution in [1.29, 1.82) is 5.26 Å². The Balaban J connectivity index is 1.36. The van der Waals surface area contributed by atoms with Crippen LogP contribution in [0.1, 0.15) is 50.6 Å². The Morgan fingerprint density at radius 1 is 1.23 bits per heavy atom. The van der Waals surface area contributed by atoms with Crippen LogP contribution >= 0.6 is 11.3 Å². The Bertz CT molecular complexity index is 1170. The first kappa shape index (κ1) is 20.8. The molecule has 1 amide bonds. The predicted octanol–water partition coefficient (Wildman–Crippen LogP) is 4.30. The molecule has 8 heteroatoms. The van der Waals surface area contributed by atoms with Gasteiger partial charge in [0.2, 0.25) is 0 Å². The summed E-state index contributed by atoms with van der Waals surface area (Å²) in [7, 11) is 0. The normalized spacial score (nSPS) is 12.7. The predicted molar refractivity (Wildman–Crippen MR) is 118 cm³/mol. The highest BCUT2D eigenvalue weighted by Gasteiger charge is 2.22. The maximum atomic E-state index is 12.3. The van der Waals surface area contributed by atoms with Crippen LogP contribution < -0.4 is 5.32 Å². The number of ether oxygens (including phenoxy) is 1. The number of rotatable bonds is 5. The third-order valence-corrected chi connectivity index (χ3v) is 6.60. The largest absolute Gasteiger partial charge is 0.452 e. The molecule has 2 aromatic heterocycles. The van der Waals surface area contributed by atoms with E-state index >= 15 is 0 Å². The number of nitrogens with one attached hydrogen (secondary N) is 2. The second-order valence-corrected chi connectivity index (χ2v) is 8.63. The first-order valence-electron chi connectivity index (χ1n) is 10.1. The Labute approximate surface area is 184 Å². The van der Waals surface area contributed by atoms with Gasteiger partial charge in [0.05, 0.1) is 16.8 Å². The summed E-state index contributed by atoms with van der Waals surface area (Å²) in [5.74, 6) is -0.303. The fourth-order valence-corrected chi connectivity index (χ4v) is 4.85. The van der Waals surface area contributed by atoms with Gasteiger partial charge in [0.1, 0.15) is 16.9 Å². The zero-order chi connectivity index (χ0) is 22.0. The third kappa shape index (κ3) is 4.37. The van der Waals surface area contributed by atoms with E-state index in [0.29, 0.717) is 16.1 Å². The van der Waals surface area contributed by atoms with E-state index in [1.54, 1.807) is 24.3 Å². The minimum absolute atomic E-state index is 0.348. The number of hydrogen-bond acceptors (Lipinski definition) is 6. The van der Waals surface area contributed by atoms with Crippen molar-refractivity contribution in [2.45, 2.75) is 39.5 Å². The second kappa shape index (κ2) is 8.74. The Hall–Kier alpha value is -3.44. The zero-order valence-corrected chi connectivity index (χ0v) is 18.2. The average molecular weight is 435 g/mol. The summed E-state index contributed by atoms with van der Waals surface area (Å²) in [4.78, 5) is 33.4. The lowest BCUT2D eigenvalue weighted by Crippen LogP contribution is -2.20. The van der Waals surface area contributed by atoms with Gasteiger partial charge in [0.15, 0.2) is 6.61 Å². The molecular weight excluding hydrogens is 412 g/mol. The summed E-state index contributed by atoms with van der Waals surface area (Å²) >= 11 is 1.44. The summed E-state index contributed by atoms with van der Waals surface area (Å²) in [5, 5.41) is 12.8. The molecule has 0 bridgehead atoms. The third-order valence-electron chi connectivity index (χ3n) is 5.39. The van der Waals surface area contributed by atoms with Gasteiger partial charge >= 0.3 is 5.97 Å². The van der Waals surface area contributed by atoms with E-state index in [1.807, 2.05) is 13.8 Å². The molecule has 0 spiro atoms. The molecule has 0 saturated carbocycles. The van der Waals surface area contributed by atoms with Crippen LogP contribution in [-0.4, -0.2) is 28.5 Å². The van der Waals surface area contributed by atoms with Crippen molar-refractivity contribution in [3.63, 3.8) is 0 Å². The maximum absolute atomic E-state index is 12.3. The molecule has 31 heavy (non-hydrogen) atoms. The summed E-state index contributed by atoms with van der Waals surface area (Å²) in [6.45, 7) is 3.47. The highest BCUT2D eigenvalue weighted by molar-refractivity contribution is 7.16. The van der Waals surface area contributed by atoms with Crippen molar-refractivity contribution in [2.24, 2.45) is 0 Å².